The summed E-state index contributed by atoms with van der Waals surface area (Å²) in [5.74, 6) is 0.950. The topological polar surface area (TPSA) is 44.3 Å². The maximum Gasteiger partial charge on any atom is 0.138 e. The fraction of sp³-hybridized carbons (Fsp3) is 0.444. The van der Waals surface area contributed by atoms with Crippen molar-refractivity contribution in [1.29, 1.82) is 0 Å². The molecule has 1 N–H and O–H groups in total. The molecule has 134 valence electrons. The van der Waals surface area contributed by atoms with Crippen LogP contribution < -0.4 is 5.32 Å². The molecule has 3 heterocycles. The number of nitrogens with zero attached hydrogens (tertiary/aromatic N) is 4. The maximum atomic E-state index is 4.49. The molecule has 0 aliphatic heterocycles. The van der Waals surface area contributed by atoms with E-state index >= 15 is 0 Å². The smallest absolute Gasteiger partial charge is 0.138 e. The Balaban J connectivity index is 1.61. The van der Waals surface area contributed by atoms with Crippen LogP contribution in [0, 0.1) is 0 Å². The third kappa shape index (κ3) is 4.76. The van der Waals surface area contributed by atoms with Crippen LogP contribution in [0.3, 0.4) is 0 Å². The molecule has 0 saturated carbocycles. The molecule has 5 nitrogen and oxygen atoms in total. The average molecular weight is 376 g/mol. The van der Waals surface area contributed by atoms with Crippen molar-refractivity contribution in [1.82, 2.24) is 19.8 Å². The highest BCUT2D eigenvalue weighted by atomic mass is 32.1. The number of hydrogen-bond acceptors (Lipinski definition) is 7. The average Bonchev–Trinajstić information content (AvgIpc) is 3.25. The zero-order valence-corrected chi connectivity index (χ0v) is 16.7. The Bertz CT molecular complexity index is 782. The summed E-state index contributed by atoms with van der Waals surface area (Å²) in [6.07, 6.45) is 2.75. The third-order valence-electron chi connectivity index (χ3n) is 4.09. The number of anilines is 1. The maximum absolute atomic E-state index is 4.49. The molecular weight excluding hydrogens is 350 g/mol. The first kappa shape index (κ1) is 18.3. The Morgan fingerprint density at radius 3 is 2.72 bits per heavy atom. The number of likely N-dealkylation sites (N-methyl/N-ethyl adjacent to an activating group) is 2. The van der Waals surface area contributed by atoms with Crippen LogP contribution in [-0.4, -0.2) is 67.1 Å². The van der Waals surface area contributed by atoms with Crippen molar-refractivity contribution < 1.29 is 0 Å². The van der Waals surface area contributed by atoms with Gasteiger partial charge in [-0.2, -0.15) is 0 Å². The lowest BCUT2D eigenvalue weighted by Crippen LogP contribution is -2.30. The lowest BCUT2D eigenvalue weighted by atomic mass is 10.2. The summed E-state index contributed by atoms with van der Waals surface area (Å²) in [6, 6.07) is 4.24. The molecule has 0 bridgehead atoms. The minimum Gasteiger partial charge on any atom is -0.369 e. The lowest BCUT2D eigenvalue weighted by Gasteiger charge is -2.19. The molecule has 0 fully saturated rings. The molecule has 0 radical (unpaired) electrons. The van der Waals surface area contributed by atoms with Gasteiger partial charge >= 0.3 is 0 Å². The van der Waals surface area contributed by atoms with Crippen molar-refractivity contribution >= 4 is 38.7 Å². The van der Waals surface area contributed by atoms with Gasteiger partial charge in [0.2, 0.25) is 0 Å². The zero-order chi connectivity index (χ0) is 17.6. The fourth-order valence-electron chi connectivity index (χ4n) is 2.66. The summed E-state index contributed by atoms with van der Waals surface area (Å²) in [5, 5.41) is 8.96. The monoisotopic (exact) mass is 375 g/mol. The molecule has 0 spiro atoms. The van der Waals surface area contributed by atoms with Crippen molar-refractivity contribution in [3.05, 3.63) is 29.2 Å². The van der Waals surface area contributed by atoms with Crippen molar-refractivity contribution in [2.45, 2.75) is 6.42 Å². The van der Waals surface area contributed by atoms with Crippen LogP contribution in [0.4, 0.5) is 5.82 Å². The second kappa shape index (κ2) is 8.71. The van der Waals surface area contributed by atoms with Crippen molar-refractivity contribution in [3.8, 4) is 10.4 Å². The summed E-state index contributed by atoms with van der Waals surface area (Å²) in [6.45, 7) is 4.18. The van der Waals surface area contributed by atoms with Gasteiger partial charge in [0.25, 0.3) is 0 Å². The summed E-state index contributed by atoms with van der Waals surface area (Å²) >= 11 is 3.44. The molecule has 3 aromatic rings. The summed E-state index contributed by atoms with van der Waals surface area (Å²) in [5.41, 5.74) is 1.24. The number of thiophene rings is 2. The van der Waals surface area contributed by atoms with Crippen LogP contribution in [0.15, 0.2) is 29.2 Å². The molecule has 0 unspecified atom stereocenters. The molecule has 0 amide bonds. The fourth-order valence-corrected chi connectivity index (χ4v) is 4.39. The normalized spacial score (nSPS) is 11.7. The number of rotatable bonds is 9. The Kier molecular flexibility index (Phi) is 6.36. The van der Waals surface area contributed by atoms with Gasteiger partial charge in [0, 0.05) is 35.5 Å². The van der Waals surface area contributed by atoms with Gasteiger partial charge in [0.1, 0.15) is 17.0 Å². The minimum atomic E-state index is 0.915. The predicted molar refractivity (Wildman–Crippen MR) is 110 cm³/mol. The van der Waals surface area contributed by atoms with E-state index in [4.69, 9.17) is 0 Å². The van der Waals surface area contributed by atoms with E-state index in [9.17, 15) is 0 Å². The molecule has 7 heteroatoms. The predicted octanol–water partition coefficient (Wildman–Crippen LogP) is 3.72. The van der Waals surface area contributed by atoms with E-state index in [0.717, 1.165) is 48.6 Å². The quantitative estimate of drug-likeness (QED) is 0.578. The number of fused-ring (bicyclic) bond motifs is 1. The van der Waals surface area contributed by atoms with Crippen molar-refractivity contribution in [2.75, 3.05) is 52.6 Å². The Hall–Kier alpha value is -1.54. The van der Waals surface area contributed by atoms with Gasteiger partial charge in [-0.15, -0.1) is 22.7 Å². The standard InChI is InChI=1S/C18H25N5S2/c1-22(2)9-10-23(3)8-5-7-19-17-16-14(15-6-4-11-24-15)12-25-18(16)21-13-20-17/h4,6,11-13H,5,7-10H2,1-3H3,(H,19,20,21). The van der Waals surface area contributed by atoms with E-state index < -0.39 is 0 Å². The van der Waals surface area contributed by atoms with Crippen LogP contribution in [0.2, 0.25) is 0 Å². The number of nitrogens with one attached hydrogen (secondary N) is 1. The zero-order valence-electron chi connectivity index (χ0n) is 15.0. The van der Waals surface area contributed by atoms with E-state index in [0.29, 0.717) is 0 Å². The molecule has 25 heavy (non-hydrogen) atoms. The highest BCUT2D eigenvalue weighted by Gasteiger charge is 2.13. The summed E-state index contributed by atoms with van der Waals surface area (Å²) < 4.78 is 0. The van der Waals surface area contributed by atoms with Gasteiger partial charge in [-0.1, -0.05) is 6.07 Å². The first-order chi connectivity index (χ1) is 12.1. The highest BCUT2D eigenvalue weighted by Crippen LogP contribution is 2.38. The molecule has 0 aliphatic carbocycles. The van der Waals surface area contributed by atoms with Gasteiger partial charge in [0.15, 0.2) is 0 Å². The summed E-state index contributed by atoms with van der Waals surface area (Å²) in [7, 11) is 6.41. The van der Waals surface area contributed by atoms with E-state index in [1.807, 2.05) is 0 Å². The SMILES string of the molecule is CN(C)CCN(C)CCCNc1ncnc2scc(-c3cccs3)c12. The molecule has 0 atom stereocenters. The second-order valence-corrected chi connectivity index (χ2v) is 8.22. The number of hydrogen-bond donors (Lipinski definition) is 1. The second-order valence-electron chi connectivity index (χ2n) is 6.42. The largest absolute Gasteiger partial charge is 0.369 e. The van der Waals surface area contributed by atoms with Crippen LogP contribution in [0.1, 0.15) is 6.42 Å². The van der Waals surface area contributed by atoms with E-state index in [2.05, 4.69) is 69.1 Å². The van der Waals surface area contributed by atoms with Gasteiger partial charge in [-0.25, -0.2) is 9.97 Å². The van der Waals surface area contributed by atoms with Crippen molar-refractivity contribution in [2.24, 2.45) is 0 Å². The van der Waals surface area contributed by atoms with E-state index in [1.165, 1.54) is 10.4 Å². The van der Waals surface area contributed by atoms with Gasteiger partial charge < -0.3 is 15.1 Å². The first-order valence-corrected chi connectivity index (χ1v) is 10.2. The van der Waals surface area contributed by atoms with Crippen LogP contribution in [0.25, 0.3) is 20.7 Å². The molecule has 0 aliphatic rings. The van der Waals surface area contributed by atoms with Crippen LogP contribution in [-0.2, 0) is 0 Å². The Morgan fingerprint density at radius 1 is 1.08 bits per heavy atom. The van der Waals surface area contributed by atoms with Crippen molar-refractivity contribution in [3.63, 3.8) is 0 Å². The molecule has 3 rings (SSSR count). The summed E-state index contributed by atoms with van der Waals surface area (Å²) in [4.78, 5) is 15.8. The third-order valence-corrected chi connectivity index (χ3v) is 5.88. The highest BCUT2D eigenvalue weighted by molar-refractivity contribution is 7.18. The van der Waals surface area contributed by atoms with Crippen LogP contribution in [0.5, 0.6) is 0 Å². The first-order valence-electron chi connectivity index (χ1n) is 8.48. The lowest BCUT2D eigenvalue weighted by molar-refractivity contribution is 0.281. The molecule has 3 aromatic heterocycles. The number of aromatic nitrogens is 2. The van der Waals surface area contributed by atoms with Gasteiger partial charge in [-0.3, -0.25) is 0 Å². The van der Waals surface area contributed by atoms with E-state index in [1.54, 1.807) is 29.0 Å². The van der Waals surface area contributed by atoms with Gasteiger partial charge in [-0.05, 0) is 45.6 Å². The van der Waals surface area contributed by atoms with Gasteiger partial charge in [0.05, 0.1) is 5.39 Å². The Labute approximate surface area is 157 Å². The van der Waals surface area contributed by atoms with E-state index in [-0.39, 0.29) is 0 Å². The Morgan fingerprint density at radius 2 is 1.96 bits per heavy atom. The molecular formula is C18H25N5S2. The minimum absolute atomic E-state index is 0.915. The van der Waals surface area contributed by atoms with Crippen LogP contribution >= 0.6 is 22.7 Å². The molecule has 0 saturated heterocycles. The molecule has 0 aromatic carbocycles.